The summed E-state index contributed by atoms with van der Waals surface area (Å²) in [5.41, 5.74) is 3.02. The van der Waals surface area contributed by atoms with Crippen molar-refractivity contribution in [3.63, 3.8) is 0 Å². The number of thiophene rings is 1. The Morgan fingerprint density at radius 2 is 1.97 bits per heavy atom. The van der Waals surface area contributed by atoms with Crippen molar-refractivity contribution in [2.24, 2.45) is 0 Å². The third kappa shape index (κ3) is 3.62. The number of carbonyl (C=O) groups is 3. The van der Waals surface area contributed by atoms with E-state index in [0.29, 0.717) is 22.9 Å². The number of esters is 1. The van der Waals surface area contributed by atoms with Gasteiger partial charge in [-0.2, -0.15) is 0 Å². The van der Waals surface area contributed by atoms with Gasteiger partial charge in [0.05, 0.1) is 11.4 Å². The number of ether oxygens (including phenoxy) is 2. The average Bonchev–Trinajstić information content (AvgIpc) is 3.18. The number of para-hydroxylation sites is 3. The van der Waals surface area contributed by atoms with Gasteiger partial charge < -0.3 is 19.7 Å². The number of hydrogen-bond acceptors (Lipinski definition) is 6. The molecule has 2 aliphatic rings. The number of hydrogen-bond donors (Lipinski definition) is 1. The fourth-order valence-electron chi connectivity index (χ4n) is 4.04. The zero-order valence-electron chi connectivity index (χ0n) is 17.3. The maximum absolute atomic E-state index is 13.0. The van der Waals surface area contributed by atoms with Gasteiger partial charge in [-0.1, -0.05) is 24.3 Å². The molecule has 3 aromatic rings. The van der Waals surface area contributed by atoms with Crippen LogP contribution in [0.15, 0.2) is 54.6 Å². The lowest BCUT2D eigenvalue weighted by molar-refractivity contribution is -0.122. The number of rotatable bonds is 3. The van der Waals surface area contributed by atoms with Gasteiger partial charge in [-0.3, -0.25) is 9.59 Å². The highest BCUT2D eigenvalue weighted by Crippen LogP contribution is 2.42. The Kier molecular flexibility index (Phi) is 5.14. The third-order valence-corrected chi connectivity index (χ3v) is 6.67. The molecule has 0 saturated heterocycles. The summed E-state index contributed by atoms with van der Waals surface area (Å²) in [4.78, 5) is 40.8. The molecule has 2 amide bonds. The molecule has 0 saturated carbocycles. The number of anilines is 2. The summed E-state index contributed by atoms with van der Waals surface area (Å²) in [5.74, 6) is -0.317. The number of carbonyl (C=O) groups excluding carboxylic acids is 3. The molecule has 1 atom stereocenters. The highest BCUT2D eigenvalue weighted by molar-refractivity contribution is 7.17. The molecule has 32 heavy (non-hydrogen) atoms. The highest BCUT2D eigenvalue weighted by atomic mass is 32.1. The van der Waals surface area contributed by atoms with Crippen LogP contribution in [0.25, 0.3) is 10.4 Å². The van der Waals surface area contributed by atoms with E-state index >= 15 is 0 Å². The van der Waals surface area contributed by atoms with E-state index in [0.717, 1.165) is 21.8 Å². The zero-order chi connectivity index (χ0) is 22.2. The summed E-state index contributed by atoms with van der Waals surface area (Å²) < 4.78 is 11.1. The van der Waals surface area contributed by atoms with Crippen LogP contribution in [-0.4, -0.2) is 30.4 Å². The standard InChI is InChI=1S/C24H20N2O5S/c1-14-10-21(27)25-17-7-3-4-8-18(17)26(14)22(28)13-31-24(29)20-11-15-12-30-19-9-5-2-6-16(19)23(15)32-20/h2-9,11,14H,10,12-13H2,1H3,(H,25,27). The minimum absolute atomic E-state index is 0.158. The summed E-state index contributed by atoms with van der Waals surface area (Å²) in [6, 6.07) is 16.2. The summed E-state index contributed by atoms with van der Waals surface area (Å²) in [7, 11) is 0. The maximum Gasteiger partial charge on any atom is 0.348 e. The molecule has 0 bridgehead atoms. The Labute approximate surface area is 188 Å². The molecule has 0 fully saturated rings. The van der Waals surface area contributed by atoms with Gasteiger partial charge in [0.25, 0.3) is 5.91 Å². The molecule has 1 aromatic heterocycles. The van der Waals surface area contributed by atoms with Crippen LogP contribution in [0.2, 0.25) is 0 Å². The van der Waals surface area contributed by atoms with Crippen molar-refractivity contribution in [3.05, 3.63) is 65.0 Å². The summed E-state index contributed by atoms with van der Waals surface area (Å²) in [5, 5.41) is 2.81. The van der Waals surface area contributed by atoms with Gasteiger partial charge in [0, 0.05) is 28.5 Å². The van der Waals surface area contributed by atoms with E-state index < -0.39 is 12.6 Å². The van der Waals surface area contributed by atoms with E-state index in [1.54, 1.807) is 37.3 Å². The minimum atomic E-state index is -0.555. The second-order valence-corrected chi connectivity index (χ2v) is 8.76. The van der Waals surface area contributed by atoms with Crippen molar-refractivity contribution < 1.29 is 23.9 Å². The first-order chi connectivity index (χ1) is 15.5. The van der Waals surface area contributed by atoms with Crippen LogP contribution in [0.5, 0.6) is 5.75 Å². The Hall–Kier alpha value is -3.65. The Morgan fingerprint density at radius 3 is 2.84 bits per heavy atom. The molecule has 2 aromatic carbocycles. The highest BCUT2D eigenvalue weighted by Gasteiger charge is 2.30. The monoisotopic (exact) mass is 448 g/mol. The van der Waals surface area contributed by atoms with E-state index in [4.69, 9.17) is 9.47 Å². The van der Waals surface area contributed by atoms with Gasteiger partial charge in [0.1, 0.15) is 17.2 Å². The van der Waals surface area contributed by atoms with Crippen LogP contribution in [-0.2, 0) is 20.9 Å². The van der Waals surface area contributed by atoms with Crippen molar-refractivity contribution >= 4 is 40.5 Å². The van der Waals surface area contributed by atoms with Crippen LogP contribution in [0.1, 0.15) is 28.6 Å². The first-order valence-electron chi connectivity index (χ1n) is 10.2. The number of nitrogens with zero attached hydrogens (tertiary/aromatic N) is 1. The molecular formula is C24H20N2O5S. The van der Waals surface area contributed by atoms with Crippen LogP contribution < -0.4 is 15.0 Å². The number of benzene rings is 2. The van der Waals surface area contributed by atoms with Crippen molar-refractivity contribution in [1.82, 2.24) is 0 Å². The molecule has 1 N–H and O–H groups in total. The largest absolute Gasteiger partial charge is 0.488 e. The van der Waals surface area contributed by atoms with Crippen LogP contribution in [0, 0.1) is 0 Å². The van der Waals surface area contributed by atoms with E-state index in [1.807, 2.05) is 24.3 Å². The smallest absolute Gasteiger partial charge is 0.348 e. The molecule has 3 heterocycles. The molecule has 1 unspecified atom stereocenters. The molecule has 2 aliphatic heterocycles. The molecular weight excluding hydrogens is 428 g/mol. The quantitative estimate of drug-likeness (QED) is 0.606. The fraction of sp³-hybridized carbons (Fsp3) is 0.208. The summed E-state index contributed by atoms with van der Waals surface area (Å²) in [6.07, 6.45) is 0.158. The van der Waals surface area contributed by atoms with Gasteiger partial charge in [-0.15, -0.1) is 11.3 Å². The Bertz CT molecular complexity index is 1230. The predicted octanol–water partition coefficient (Wildman–Crippen LogP) is 4.23. The molecule has 0 spiro atoms. The maximum atomic E-state index is 13.0. The minimum Gasteiger partial charge on any atom is -0.488 e. The van der Waals surface area contributed by atoms with Crippen LogP contribution in [0.3, 0.4) is 0 Å². The molecule has 8 heteroatoms. The lowest BCUT2D eigenvalue weighted by Gasteiger charge is -2.27. The van der Waals surface area contributed by atoms with E-state index in [2.05, 4.69) is 5.32 Å². The summed E-state index contributed by atoms with van der Waals surface area (Å²) >= 11 is 1.33. The third-order valence-electron chi connectivity index (χ3n) is 5.48. The van der Waals surface area contributed by atoms with Crippen LogP contribution in [0.4, 0.5) is 11.4 Å². The summed E-state index contributed by atoms with van der Waals surface area (Å²) in [6.45, 7) is 1.77. The lowest BCUT2D eigenvalue weighted by Crippen LogP contribution is -2.41. The second-order valence-electron chi connectivity index (χ2n) is 7.71. The Balaban J connectivity index is 1.33. The fourth-order valence-corrected chi connectivity index (χ4v) is 5.13. The van der Waals surface area contributed by atoms with Gasteiger partial charge in [0.15, 0.2) is 6.61 Å². The second kappa shape index (κ2) is 8.12. The van der Waals surface area contributed by atoms with Gasteiger partial charge in [-0.25, -0.2) is 4.79 Å². The normalized spacial score (nSPS) is 16.6. The molecule has 162 valence electrons. The predicted molar refractivity (Wildman–Crippen MR) is 121 cm³/mol. The molecule has 0 radical (unpaired) electrons. The van der Waals surface area contributed by atoms with E-state index in [1.165, 1.54) is 16.2 Å². The molecule has 5 rings (SSSR count). The number of nitrogens with one attached hydrogen (secondary N) is 1. The molecule has 0 aliphatic carbocycles. The van der Waals surface area contributed by atoms with Crippen molar-refractivity contribution in [1.29, 1.82) is 0 Å². The first-order valence-corrected chi connectivity index (χ1v) is 11.1. The van der Waals surface area contributed by atoms with Crippen molar-refractivity contribution in [3.8, 4) is 16.2 Å². The van der Waals surface area contributed by atoms with E-state index in [9.17, 15) is 14.4 Å². The number of fused-ring (bicyclic) bond motifs is 4. The Morgan fingerprint density at radius 1 is 1.19 bits per heavy atom. The van der Waals surface area contributed by atoms with Gasteiger partial charge >= 0.3 is 5.97 Å². The topological polar surface area (TPSA) is 84.9 Å². The van der Waals surface area contributed by atoms with Gasteiger partial charge in [0.2, 0.25) is 5.91 Å². The van der Waals surface area contributed by atoms with E-state index in [-0.39, 0.29) is 24.3 Å². The zero-order valence-corrected chi connectivity index (χ0v) is 18.1. The molecule has 7 nitrogen and oxygen atoms in total. The SMILES string of the molecule is CC1CC(=O)Nc2ccccc2N1C(=O)COC(=O)c1cc2c(s1)-c1ccccc1OC2. The van der Waals surface area contributed by atoms with Crippen molar-refractivity contribution in [2.75, 3.05) is 16.8 Å². The van der Waals surface area contributed by atoms with Crippen LogP contribution >= 0.6 is 11.3 Å². The number of amides is 2. The van der Waals surface area contributed by atoms with Gasteiger partial charge in [-0.05, 0) is 37.3 Å². The average molecular weight is 449 g/mol. The first kappa shape index (κ1) is 20.3. The lowest BCUT2D eigenvalue weighted by atomic mass is 10.1. The van der Waals surface area contributed by atoms with Crippen molar-refractivity contribution in [2.45, 2.75) is 26.0 Å².